The number of amides is 2. The Bertz CT molecular complexity index is 1520. The first-order valence-electron chi connectivity index (χ1n) is 16.2. The fourth-order valence-corrected chi connectivity index (χ4v) is 8.54. The van der Waals surface area contributed by atoms with Crippen molar-refractivity contribution in [3.63, 3.8) is 0 Å². The predicted octanol–water partition coefficient (Wildman–Crippen LogP) is 5.68. The van der Waals surface area contributed by atoms with Crippen LogP contribution in [0.2, 0.25) is 0 Å². The summed E-state index contributed by atoms with van der Waals surface area (Å²) in [6.07, 6.45) is 7.29. The largest absolute Gasteiger partial charge is 0.390 e. The molecular weight excluding hydrogens is 550 g/mol. The molecule has 2 heterocycles. The van der Waals surface area contributed by atoms with E-state index < -0.39 is 18.2 Å². The van der Waals surface area contributed by atoms with Crippen LogP contribution >= 0.6 is 0 Å². The van der Waals surface area contributed by atoms with Crippen LogP contribution in [0, 0.1) is 23.7 Å². The number of benzene rings is 2. The summed E-state index contributed by atoms with van der Waals surface area (Å²) >= 11 is 0. The maximum Gasteiger partial charge on any atom is 0.248 e. The second kappa shape index (κ2) is 11.4. The number of ether oxygens (including phenoxy) is 1. The first kappa shape index (κ1) is 29.2. The molecule has 1 aliphatic heterocycles. The van der Waals surface area contributed by atoms with Crippen LogP contribution in [-0.2, 0) is 26.2 Å². The molecule has 7 nitrogen and oxygen atoms in total. The van der Waals surface area contributed by atoms with Gasteiger partial charge in [0.25, 0.3) is 0 Å². The molecule has 1 saturated heterocycles. The van der Waals surface area contributed by atoms with Crippen LogP contribution < -0.4 is 10.2 Å². The average Bonchev–Trinajstić information content (AvgIpc) is 3.71. The van der Waals surface area contributed by atoms with E-state index in [1.807, 2.05) is 48.5 Å². The highest BCUT2D eigenvalue weighted by atomic mass is 16.5. The summed E-state index contributed by atoms with van der Waals surface area (Å²) in [5, 5.41) is 14.2. The van der Waals surface area contributed by atoms with E-state index in [0.717, 1.165) is 49.0 Å². The predicted molar refractivity (Wildman–Crippen MR) is 169 cm³/mol. The number of aliphatic hydroxyl groups excluding tert-OH is 1. The maximum atomic E-state index is 15.0. The minimum atomic E-state index is -0.951. The minimum absolute atomic E-state index is 0.00932. The number of carbonyl (C=O) groups is 2. The van der Waals surface area contributed by atoms with Gasteiger partial charge in [-0.2, -0.15) is 0 Å². The van der Waals surface area contributed by atoms with Crippen molar-refractivity contribution >= 4 is 17.5 Å². The number of rotatable bonds is 6. The number of anilines is 1. The van der Waals surface area contributed by atoms with E-state index >= 15 is 4.79 Å². The molecule has 3 unspecified atom stereocenters. The third-order valence-corrected chi connectivity index (χ3v) is 10.7. The molecule has 0 spiro atoms. The van der Waals surface area contributed by atoms with Gasteiger partial charge in [0.1, 0.15) is 6.04 Å². The third-order valence-electron chi connectivity index (χ3n) is 10.7. The van der Waals surface area contributed by atoms with Crippen molar-refractivity contribution in [1.29, 1.82) is 0 Å². The number of aliphatic hydroxyl groups is 1. The molecule has 1 aromatic heterocycles. The molecule has 2 aromatic carbocycles. The number of hydrogen-bond donors (Lipinski definition) is 2. The Kier molecular flexibility index (Phi) is 7.58. The Labute approximate surface area is 260 Å². The SMILES string of the molecule is CC(C)(C)c1ccc(N(C(=O)[C@H]2CC3CO[C@H]4CCC[C@@H]2C34)C(C(=O)N[C@@H]2c3ccccc3C[C@@H]2O)c2cccnc2)cc1. The Balaban J connectivity index is 1.30. The molecule has 3 fully saturated rings. The van der Waals surface area contributed by atoms with Gasteiger partial charge in [-0.1, -0.05) is 69.7 Å². The average molecular weight is 594 g/mol. The van der Waals surface area contributed by atoms with Gasteiger partial charge in [-0.25, -0.2) is 0 Å². The Morgan fingerprint density at radius 1 is 1.05 bits per heavy atom. The van der Waals surface area contributed by atoms with Gasteiger partial charge in [-0.3, -0.25) is 19.5 Å². The van der Waals surface area contributed by atoms with Crippen LogP contribution in [0.4, 0.5) is 5.69 Å². The summed E-state index contributed by atoms with van der Waals surface area (Å²) in [6, 6.07) is 18.1. The smallest absolute Gasteiger partial charge is 0.248 e. The van der Waals surface area contributed by atoms with Gasteiger partial charge < -0.3 is 15.2 Å². The van der Waals surface area contributed by atoms with Crippen LogP contribution in [0.3, 0.4) is 0 Å². The van der Waals surface area contributed by atoms with E-state index in [4.69, 9.17) is 4.74 Å². The zero-order chi connectivity index (χ0) is 30.6. The zero-order valence-corrected chi connectivity index (χ0v) is 25.9. The minimum Gasteiger partial charge on any atom is -0.390 e. The molecule has 3 aliphatic carbocycles. The number of hydrogen-bond acceptors (Lipinski definition) is 5. The number of aromatic nitrogens is 1. The normalized spacial score (nSPS) is 29.5. The topological polar surface area (TPSA) is 91.8 Å². The Morgan fingerprint density at radius 2 is 1.84 bits per heavy atom. The van der Waals surface area contributed by atoms with E-state index in [9.17, 15) is 9.90 Å². The molecule has 2 N–H and O–H groups in total. The summed E-state index contributed by atoms with van der Waals surface area (Å²) in [4.78, 5) is 35.7. The van der Waals surface area contributed by atoms with E-state index in [-0.39, 0.29) is 35.2 Å². The van der Waals surface area contributed by atoms with Gasteiger partial charge >= 0.3 is 0 Å². The molecular formula is C37H43N3O4. The number of carbonyl (C=O) groups excluding carboxylic acids is 2. The molecule has 7 rings (SSSR count). The lowest BCUT2D eigenvalue weighted by atomic mass is 9.75. The standard InChI is InChI=1S/C37H43N3O4/c1-37(2,3)25-13-15-26(16-14-25)40(36(43)29-18-24-21-44-31-12-6-11-28(29)32(24)31)34(23-9-7-17-38-20-23)35(42)39-33-27-10-5-4-8-22(27)19-30(33)41/h4-5,7-10,13-17,20,24,28-34,41H,6,11-12,18-19,21H2,1-3H3,(H,39,42)/t24?,28-,29-,30-,31-,32?,33+,34?/m0/s1. The number of pyridine rings is 1. The van der Waals surface area contributed by atoms with Gasteiger partial charge in [0.15, 0.2) is 0 Å². The summed E-state index contributed by atoms with van der Waals surface area (Å²) < 4.78 is 6.16. The molecule has 0 bridgehead atoms. The molecule has 7 heteroatoms. The first-order chi connectivity index (χ1) is 21.2. The van der Waals surface area contributed by atoms with Gasteiger partial charge in [-0.05, 0) is 77.3 Å². The summed E-state index contributed by atoms with van der Waals surface area (Å²) in [5.41, 5.74) is 4.38. The van der Waals surface area contributed by atoms with Crippen molar-refractivity contribution in [2.24, 2.45) is 23.7 Å². The molecule has 2 amide bonds. The molecule has 4 aliphatic rings. The first-order valence-corrected chi connectivity index (χ1v) is 16.2. The number of nitrogens with zero attached hydrogens (tertiary/aromatic N) is 2. The van der Waals surface area contributed by atoms with Crippen molar-refractivity contribution < 1.29 is 19.4 Å². The lowest BCUT2D eigenvalue weighted by Crippen LogP contribution is -2.49. The van der Waals surface area contributed by atoms with Crippen molar-refractivity contribution in [3.8, 4) is 0 Å². The quantitative estimate of drug-likeness (QED) is 0.384. The number of nitrogens with one attached hydrogen (secondary N) is 1. The van der Waals surface area contributed by atoms with E-state index in [1.165, 1.54) is 0 Å². The Morgan fingerprint density at radius 3 is 2.59 bits per heavy atom. The summed E-state index contributed by atoms with van der Waals surface area (Å²) in [5.74, 6) is 0.550. The van der Waals surface area contributed by atoms with Gasteiger partial charge in [0, 0.05) is 36.0 Å². The highest BCUT2D eigenvalue weighted by Crippen LogP contribution is 2.54. The van der Waals surface area contributed by atoms with Crippen molar-refractivity contribution in [1.82, 2.24) is 10.3 Å². The molecule has 44 heavy (non-hydrogen) atoms. The third kappa shape index (κ3) is 5.14. The second-order valence-corrected chi connectivity index (χ2v) is 14.3. The highest BCUT2D eigenvalue weighted by molar-refractivity contribution is 6.02. The monoisotopic (exact) mass is 593 g/mol. The fourth-order valence-electron chi connectivity index (χ4n) is 8.54. The lowest BCUT2D eigenvalue weighted by molar-refractivity contribution is -0.130. The molecule has 8 atom stereocenters. The zero-order valence-electron chi connectivity index (χ0n) is 25.9. The van der Waals surface area contributed by atoms with Crippen LogP contribution in [0.5, 0.6) is 0 Å². The van der Waals surface area contributed by atoms with Crippen molar-refractivity contribution in [2.45, 2.75) is 82.6 Å². The number of fused-ring (bicyclic) bond motifs is 1. The lowest BCUT2D eigenvalue weighted by Gasteiger charge is -2.38. The van der Waals surface area contributed by atoms with Gasteiger partial charge in [0.05, 0.1) is 24.9 Å². The summed E-state index contributed by atoms with van der Waals surface area (Å²) in [7, 11) is 0. The van der Waals surface area contributed by atoms with Gasteiger partial charge in [-0.15, -0.1) is 0 Å². The van der Waals surface area contributed by atoms with E-state index in [2.05, 4.69) is 43.2 Å². The molecule has 0 radical (unpaired) electrons. The fraction of sp³-hybridized carbons (Fsp3) is 0.486. The molecule has 3 aromatic rings. The van der Waals surface area contributed by atoms with Crippen LogP contribution in [0.15, 0.2) is 73.1 Å². The van der Waals surface area contributed by atoms with Crippen LogP contribution in [0.25, 0.3) is 0 Å². The van der Waals surface area contributed by atoms with Crippen molar-refractivity contribution in [3.05, 3.63) is 95.3 Å². The van der Waals surface area contributed by atoms with Crippen LogP contribution in [0.1, 0.15) is 80.8 Å². The highest BCUT2D eigenvalue weighted by Gasteiger charge is 2.55. The van der Waals surface area contributed by atoms with Crippen LogP contribution in [-0.4, -0.2) is 40.7 Å². The van der Waals surface area contributed by atoms with Crippen molar-refractivity contribution in [2.75, 3.05) is 11.5 Å². The second-order valence-electron chi connectivity index (χ2n) is 14.3. The van der Waals surface area contributed by atoms with E-state index in [0.29, 0.717) is 29.5 Å². The van der Waals surface area contributed by atoms with Gasteiger partial charge in [0.2, 0.25) is 11.8 Å². The van der Waals surface area contributed by atoms with E-state index in [1.54, 1.807) is 17.3 Å². The maximum absolute atomic E-state index is 15.0. The molecule has 2 saturated carbocycles. The molecule has 230 valence electrons. The summed E-state index contributed by atoms with van der Waals surface area (Å²) in [6.45, 7) is 7.22. The Hall–Kier alpha value is -3.55.